The lowest BCUT2D eigenvalue weighted by Crippen LogP contribution is -2.17. The minimum Gasteiger partial charge on any atom is -0.299 e. The molecule has 0 saturated heterocycles. The fourth-order valence-electron chi connectivity index (χ4n) is 1.20. The van der Waals surface area contributed by atoms with Gasteiger partial charge in [-0.25, -0.2) is 4.68 Å². The molecule has 84 valence electrons. The molecule has 1 heterocycles. The van der Waals surface area contributed by atoms with Crippen molar-refractivity contribution in [2.24, 2.45) is 11.8 Å². The smallest absolute Gasteiger partial charge is 0.158 e. The first-order valence-electron chi connectivity index (χ1n) is 5.28. The van der Waals surface area contributed by atoms with Gasteiger partial charge in [0.05, 0.1) is 6.42 Å². The lowest BCUT2D eigenvalue weighted by molar-refractivity contribution is -0.121. The van der Waals surface area contributed by atoms with Crippen LogP contribution in [0, 0.1) is 11.8 Å². The number of aromatic nitrogens is 4. The van der Waals surface area contributed by atoms with Crippen LogP contribution in [0.25, 0.3) is 0 Å². The van der Waals surface area contributed by atoms with E-state index in [0.717, 1.165) is 6.54 Å². The van der Waals surface area contributed by atoms with Crippen LogP contribution in [0.3, 0.4) is 0 Å². The number of hydrogen-bond donors (Lipinski definition) is 0. The molecular formula is C10H18N4O. The summed E-state index contributed by atoms with van der Waals surface area (Å²) in [6, 6.07) is 0. The molecule has 15 heavy (non-hydrogen) atoms. The van der Waals surface area contributed by atoms with Gasteiger partial charge in [-0.3, -0.25) is 4.79 Å². The van der Waals surface area contributed by atoms with Crippen molar-refractivity contribution in [2.75, 3.05) is 0 Å². The lowest BCUT2D eigenvalue weighted by Gasteiger charge is -2.07. The summed E-state index contributed by atoms with van der Waals surface area (Å²) in [5.41, 5.74) is 0. The topological polar surface area (TPSA) is 60.7 Å². The normalized spacial score (nSPS) is 11.3. The molecule has 0 atom stereocenters. The first kappa shape index (κ1) is 11.8. The first-order valence-corrected chi connectivity index (χ1v) is 5.28. The highest BCUT2D eigenvalue weighted by Crippen LogP contribution is 2.04. The molecule has 0 aliphatic carbocycles. The van der Waals surface area contributed by atoms with Gasteiger partial charge in [-0.15, -0.1) is 5.10 Å². The standard InChI is InChI=1S/C10H18N4O/c1-7(2)6-14-10(11-12-13-14)5-9(15)8(3)4/h7-8H,5-6H2,1-4H3. The van der Waals surface area contributed by atoms with Crippen LogP contribution in [-0.4, -0.2) is 26.0 Å². The van der Waals surface area contributed by atoms with E-state index >= 15 is 0 Å². The third-order valence-corrected chi connectivity index (χ3v) is 2.12. The van der Waals surface area contributed by atoms with Crippen molar-refractivity contribution < 1.29 is 4.79 Å². The fourth-order valence-corrected chi connectivity index (χ4v) is 1.20. The largest absolute Gasteiger partial charge is 0.299 e. The summed E-state index contributed by atoms with van der Waals surface area (Å²) in [6.07, 6.45) is 0.331. The number of tetrazole rings is 1. The number of hydrogen-bond acceptors (Lipinski definition) is 4. The molecule has 0 fully saturated rings. The maximum Gasteiger partial charge on any atom is 0.158 e. The van der Waals surface area contributed by atoms with Gasteiger partial charge >= 0.3 is 0 Å². The molecule has 0 saturated carbocycles. The summed E-state index contributed by atoms with van der Waals surface area (Å²) in [5.74, 6) is 1.35. The predicted molar refractivity (Wildman–Crippen MR) is 56.2 cm³/mol. The second-order valence-electron chi connectivity index (χ2n) is 4.47. The molecule has 0 radical (unpaired) electrons. The molecule has 1 aromatic rings. The van der Waals surface area contributed by atoms with Crippen molar-refractivity contribution in [2.45, 2.75) is 40.7 Å². The Kier molecular flexibility index (Phi) is 3.94. The van der Waals surface area contributed by atoms with Gasteiger partial charge in [0.1, 0.15) is 5.78 Å². The molecule has 5 heteroatoms. The maximum atomic E-state index is 11.5. The van der Waals surface area contributed by atoms with Crippen molar-refractivity contribution in [3.8, 4) is 0 Å². The summed E-state index contributed by atoms with van der Waals surface area (Å²) in [4.78, 5) is 11.5. The van der Waals surface area contributed by atoms with Gasteiger partial charge in [-0.1, -0.05) is 27.7 Å². The number of Topliss-reactive ketones (excluding diaryl/α,β-unsaturated/α-hetero) is 1. The van der Waals surface area contributed by atoms with E-state index in [1.807, 2.05) is 13.8 Å². The Morgan fingerprint density at radius 2 is 2.00 bits per heavy atom. The summed E-state index contributed by atoms with van der Waals surface area (Å²) in [5, 5.41) is 11.3. The van der Waals surface area contributed by atoms with Gasteiger partial charge in [0.25, 0.3) is 0 Å². The van der Waals surface area contributed by atoms with Crippen LogP contribution in [0.15, 0.2) is 0 Å². The zero-order chi connectivity index (χ0) is 11.4. The molecule has 1 aromatic heterocycles. The number of carbonyl (C=O) groups excluding carboxylic acids is 1. The Bertz CT molecular complexity index is 330. The maximum absolute atomic E-state index is 11.5. The molecule has 0 aliphatic rings. The van der Waals surface area contributed by atoms with Crippen LogP contribution >= 0.6 is 0 Å². The van der Waals surface area contributed by atoms with Crippen LogP contribution in [-0.2, 0) is 17.8 Å². The third kappa shape index (κ3) is 3.42. The Balaban J connectivity index is 2.69. The number of ketones is 1. The molecule has 0 aliphatic heterocycles. The van der Waals surface area contributed by atoms with Crippen LogP contribution in [0.5, 0.6) is 0 Å². The van der Waals surface area contributed by atoms with E-state index in [1.165, 1.54) is 0 Å². The quantitative estimate of drug-likeness (QED) is 0.730. The minimum atomic E-state index is 0.0363. The van der Waals surface area contributed by atoms with Crippen LogP contribution in [0.1, 0.15) is 33.5 Å². The SMILES string of the molecule is CC(C)Cn1nnnc1CC(=O)C(C)C. The molecule has 5 nitrogen and oxygen atoms in total. The highest BCUT2D eigenvalue weighted by atomic mass is 16.1. The number of carbonyl (C=O) groups is 1. The fraction of sp³-hybridized carbons (Fsp3) is 0.800. The predicted octanol–water partition coefficient (Wildman–Crippen LogP) is 1.10. The van der Waals surface area contributed by atoms with Gasteiger partial charge in [0.2, 0.25) is 0 Å². The van der Waals surface area contributed by atoms with Crippen molar-refractivity contribution in [1.82, 2.24) is 20.2 Å². The van der Waals surface area contributed by atoms with Crippen LogP contribution in [0.4, 0.5) is 0 Å². The average Bonchev–Trinajstić information content (AvgIpc) is 2.51. The first-order chi connectivity index (χ1) is 7.00. The number of nitrogens with zero attached hydrogens (tertiary/aromatic N) is 4. The summed E-state index contributed by atoms with van der Waals surface area (Å²) >= 11 is 0. The minimum absolute atomic E-state index is 0.0363. The van der Waals surface area contributed by atoms with E-state index in [-0.39, 0.29) is 11.7 Å². The summed E-state index contributed by atoms with van der Waals surface area (Å²) < 4.78 is 1.71. The molecule has 0 spiro atoms. The van der Waals surface area contributed by atoms with Crippen molar-refractivity contribution in [3.63, 3.8) is 0 Å². The van der Waals surface area contributed by atoms with Gasteiger partial charge in [0.15, 0.2) is 5.82 Å². The van der Waals surface area contributed by atoms with E-state index in [0.29, 0.717) is 18.2 Å². The lowest BCUT2D eigenvalue weighted by atomic mass is 10.1. The zero-order valence-electron chi connectivity index (χ0n) is 9.77. The van der Waals surface area contributed by atoms with Gasteiger partial charge in [-0.2, -0.15) is 0 Å². The van der Waals surface area contributed by atoms with E-state index in [1.54, 1.807) is 4.68 Å². The monoisotopic (exact) mass is 210 g/mol. The zero-order valence-corrected chi connectivity index (χ0v) is 9.77. The average molecular weight is 210 g/mol. The summed E-state index contributed by atoms with van der Waals surface area (Å²) in [6.45, 7) is 8.72. The van der Waals surface area contributed by atoms with E-state index < -0.39 is 0 Å². The van der Waals surface area contributed by atoms with E-state index in [9.17, 15) is 4.79 Å². The third-order valence-electron chi connectivity index (χ3n) is 2.12. The van der Waals surface area contributed by atoms with Crippen LogP contribution in [0.2, 0.25) is 0 Å². The van der Waals surface area contributed by atoms with Crippen molar-refractivity contribution in [1.29, 1.82) is 0 Å². The van der Waals surface area contributed by atoms with Gasteiger partial charge in [0, 0.05) is 12.5 Å². The molecular weight excluding hydrogens is 192 g/mol. The van der Waals surface area contributed by atoms with Crippen molar-refractivity contribution >= 4 is 5.78 Å². The molecule has 0 bridgehead atoms. The molecule has 0 unspecified atom stereocenters. The summed E-state index contributed by atoms with van der Waals surface area (Å²) in [7, 11) is 0. The van der Waals surface area contributed by atoms with Gasteiger partial charge < -0.3 is 0 Å². The Morgan fingerprint density at radius 1 is 1.33 bits per heavy atom. The van der Waals surface area contributed by atoms with Crippen LogP contribution < -0.4 is 0 Å². The Morgan fingerprint density at radius 3 is 2.53 bits per heavy atom. The Labute approximate surface area is 89.9 Å². The highest BCUT2D eigenvalue weighted by molar-refractivity contribution is 5.81. The van der Waals surface area contributed by atoms with E-state index in [4.69, 9.17) is 0 Å². The van der Waals surface area contributed by atoms with Crippen molar-refractivity contribution in [3.05, 3.63) is 5.82 Å². The number of rotatable bonds is 5. The molecule has 0 amide bonds. The Hall–Kier alpha value is -1.26. The molecule has 0 aromatic carbocycles. The molecule has 0 N–H and O–H groups in total. The highest BCUT2D eigenvalue weighted by Gasteiger charge is 2.14. The second-order valence-corrected chi connectivity index (χ2v) is 4.47. The second kappa shape index (κ2) is 5.00. The van der Waals surface area contributed by atoms with E-state index in [2.05, 4.69) is 29.4 Å². The molecule has 1 rings (SSSR count). The van der Waals surface area contributed by atoms with Gasteiger partial charge in [-0.05, 0) is 16.3 Å².